The van der Waals surface area contributed by atoms with E-state index in [1.165, 1.54) is 12.1 Å². The molecule has 2 rings (SSSR count). The van der Waals surface area contributed by atoms with Crippen LogP contribution in [0.15, 0.2) is 36.4 Å². The fourth-order valence-corrected chi connectivity index (χ4v) is 2.24. The zero-order chi connectivity index (χ0) is 14.5. The molecule has 0 bridgehead atoms. The van der Waals surface area contributed by atoms with Crippen molar-refractivity contribution in [3.8, 4) is 11.5 Å². The Balaban J connectivity index is 2.24. The first-order valence-electron chi connectivity index (χ1n) is 6.22. The SMILES string of the molecule is CCNCc1cc(F)c(Oc2cccc(I)c2)c(F)c1. The topological polar surface area (TPSA) is 21.3 Å². The largest absolute Gasteiger partial charge is 0.451 e. The molecule has 0 saturated carbocycles. The van der Waals surface area contributed by atoms with Gasteiger partial charge in [0.2, 0.25) is 0 Å². The molecule has 0 saturated heterocycles. The van der Waals surface area contributed by atoms with Crippen LogP contribution in [-0.4, -0.2) is 6.54 Å². The first-order chi connectivity index (χ1) is 9.60. The van der Waals surface area contributed by atoms with Gasteiger partial charge in [0.25, 0.3) is 0 Å². The van der Waals surface area contributed by atoms with Gasteiger partial charge in [0.1, 0.15) is 5.75 Å². The van der Waals surface area contributed by atoms with E-state index in [9.17, 15) is 8.78 Å². The molecule has 0 amide bonds. The van der Waals surface area contributed by atoms with Gasteiger partial charge in [-0.25, -0.2) is 8.78 Å². The number of ether oxygens (including phenoxy) is 1. The van der Waals surface area contributed by atoms with Crippen molar-refractivity contribution in [3.05, 3.63) is 57.2 Å². The van der Waals surface area contributed by atoms with E-state index in [1.807, 2.05) is 13.0 Å². The monoisotopic (exact) mass is 389 g/mol. The van der Waals surface area contributed by atoms with Gasteiger partial charge < -0.3 is 10.1 Å². The summed E-state index contributed by atoms with van der Waals surface area (Å²) in [5, 5.41) is 3.02. The van der Waals surface area contributed by atoms with Crippen LogP contribution in [0.1, 0.15) is 12.5 Å². The van der Waals surface area contributed by atoms with Gasteiger partial charge >= 0.3 is 0 Å². The Morgan fingerprint density at radius 1 is 1.15 bits per heavy atom. The Labute approximate surface area is 130 Å². The Morgan fingerprint density at radius 2 is 1.85 bits per heavy atom. The molecular formula is C15H14F2INO. The summed E-state index contributed by atoms with van der Waals surface area (Å²) >= 11 is 2.11. The summed E-state index contributed by atoms with van der Waals surface area (Å²) in [6.07, 6.45) is 0. The molecule has 5 heteroatoms. The molecule has 0 fully saturated rings. The fraction of sp³-hybridized carbons (Fsp3) is 0.200. The molecule has 2 nitrogen and oxygen atoms in total. The predicted molar refractivity (Wildman–Crippen MR) is 83.0 cm³/mol. The molecule has 0 atom stereocenters. The maximum Gasteiger partial charge on any atom is 0.198 e. The van der Waals surface area contributed by atoms with E-state index in [0.29, 0.717) is 17.9 Å². The van der Waals surface area contributed by atoms with Crippen LogP contribution >= 0.6 is 22.6 Å². The average Bonchev–Trinajstić information content (AvgIpc) is 2.40. The molecule has 0 radical (unpaired) electrons. The van der Waals surface area contributed by atoms with Crippen LogP contribution < -0.4 is 10.1 Å². The minimum Gasteiger partial charge on any atom is -0.451 e. The number of halogens is 3. The molecule has 0 aliphatic carbocycles. The number of benzene rings is 2. The molecule has 2 aromatic rings. The third kappa shape index (κ3) is 3.89. The highest BCUT2D eigenvalue weighted by Crippen LogP contribution is 2.29. The molecule has 0 heterocycles. The van der Waals surface area contributed by atoms with Gasteiger partial charge in [-0.05, 0) is 65.0 Å². The average molecular weight is 389 g/mol. The first kappa shape index (κ1) is 15.2. The number of rotatable bonds is 5. The summed E-state index contributed by atoms with van der Waals surface area (Å²) in [4.78, 5) is 0. The van der Waals surface area contributed by atoms with Crippen LogP contribution in [0.4, 0.5) is 8.78 Å². The van der Waals surface area contributed by atoms with Crippen LogP contribution in [-0.2, 0) is 6.54 Å². The third-order valence-electron chi connectivity index (χ3n) is 2.65. The van der Waals surface area contributed by atoms with Gasteiger partial charge in [-0.2, -0.15) is 0 Å². The molecule has 2 aromatic carbocycles. The van der Waals surface area contributed by atoms with Gasteiger partial charge in [-0.1, -0.05) is 13.0 Å². The lowest BCUT2D eigenvalue weighted by atomic mass is 10.2. The smallest absolute Gasteiger partial charge is 0.198 e. The van der Waals surface area contributed by atoms with Crippen molar-refractivity contribution in [3.63, 3.8) is 0 Å². The Kier molecular flexibility index (Phi) is 5.31. The third-order valence-corrected chi connectivity index (χ3v) is 3.32. The first-order valence-corrected chi connectivity index (χ1v) is 7.30. The lowest BCUT2D eigenvalue weighted by molar-refractivity contribution is 0.406. The number of hydrogen-bond acceptors (Lipinski definition) is 2. The highest BCUT2D eigenvalue weighted by Gasteiger charge is 2.13. The summed E-state index contributed by atoms with van der Waals surface area (Å²) < 4.78 is 34.1. The molecule has 1 N–H and O–H groups in total. The van der Waals surface area contributed by atoms with E-state index in [-0.39, 0.29) is 5.75 Å². The highest BCUT2D eigenvalue weighted by atomic mass is 127. The lowest BCUT2D eigenvalue weighted by Crippen LogP contribution is -2.12. The van der Waals surface area contributed by atoms with Crippen molar-refractivity contribution in [1.82, 2.24) is 5.32 Å². The predicted octanol–water partition coefficient (Wildman–Crippen LogP) is 4.47. The van der Waals surface area contributed by atoms with Crippen molar-refractivity contribution in [2.45, 2.75) is 13.5 Å². The normalized spacial score (nSPS) is 10.6. The van der Waals surface area contributed by atoms with Gasteiger partial charge in [0, 0.05) is 10.1 Å². The van der Waals surface area contributed by atoms with Crippen molar-refractivity contribution < 1.29 is 13.5 Å². The maximum absolute atomic E-state index is 13.9. The fourth-order valence-electron chi connectivity index (χ4n) is 1.73. The molecule has 20 heavy (non-hydrogen) atoms. The van der Waals surface area contributed by atoms with Crippen molar-refractivity contribution in [2.75, 3.05) is 6.54 Å². The summed E-state index contributed by atoms with van der Waals surface area (Å²) in [7, 11) is 0. The van der Waals surface area contributed by atoms with Gasteiger partial charge in [0.05, 0.1) is 0 Å². The van der Waals surface area contributed by atoms with E-state index < -0.39 is 11.6 Å². The maximum atomic E-state index is 13.9. The molecule has 0 spiro atoms. The minimum absolute atomic E-state index is 0.368. The Morgan fingerprint density at radius 3 is 2.45 bits per heavy atom. The molecule has 0 unspecified atom stereocenters. The van der Waals surface area contributed by atoms with Crippen molar-refractivity contribution in [2.24, 2.45) is 0 Å². The van der Waals surface area contributed by atoms with E-state index in [2.05, 4.69) is 27.9 Å². The second kappa shape index (κ2) is 6.99. The summed E-state index contributed by atoms with van der Waals surface area (Å²) in [5.41, 5.74) is 0.553. The molecule has 106 valence electrons. The Hall–Kier alpha value is -1.21. The number of nitrogens with one attached hydrogen (secondary N) is 1. The summed E-state index contributed by atoms with van der Waals surface area (Å²) in [5.74, 6) is -1.35. The zero-order valence-electron chi connectivity index (χ0n) is 10.9. The second-order valence-corrected chi connectivity index (χ2v) is 5.47. The zero-order valence-corrected chi connectivity index (χ0v) is 13.1. The minimum atomic E-state index is -0.697. The van der Waals surface area contributed by atoms with Gasteiger partial charge in [0.15, 0.2) is 17.4 Å². The van der Waals surface area contributed by atoms with Crippen LogP contribution in [0.5, 0.6) is 11.5 Å². The molecule has 0 aromatic heterocycles. The summed E-state index contributed by atoms with van der Waals surface area (Å²) in [6.45, 7) is 3.10. The van der Waals surface area contributed by atoms with E-state index in [1.54, 1.807) is 18.2 Å². The molecule has 0 aliphatic rings. The van der Waals surface area contributed by atoms with Crippen molar-refractivity contribution in [1.29, 1.82) is 0 Å². The Bertz CT molecular complexity index is 581. The van der Waals surface area contributed by atoms with Crippen LogP contribution in [0.2, 0.25) is 0 Å². The summed E-state index contributed by atoms with van der Waals surface area (Å²) in [6, 6.07) is 9.59. The van der Waals surface area contributed by atoms with Crippen LogP contribution in [0.3, 0.4) is 0 Å². The van der Waals surface area contributed by atoms with E-state index in [4.69, 9.17) is 4.74 Å². The highest BCUT2D eigenvalue weighted by molar-refractivity contribution is 14.1. The lowest BCUT2D eigenvalue weighted by Gasteiger charge is -2.10. The van der Waals surface area contributed by atoms with Gasteiger partial charge in [-0.3, -0.25) is 0 Å². The van der Waals surface area contributed by atoms with E-state index >= 15 is 0 Å². The molecular weight excluding hydrogens is 375 g/mol. The number of hydrogen-bond donors (Lipinski definition) is 1. The standard InChI is InChI=1S/C15H14F2INO/c1-2-19-9-10-6-13(16)15(14(17)7-10)20-12-5-3-4-11(18)8-12/h3-8,19H,2,9H2,1H3. The van der Waals surface area contributed by atoms with Crippen molar-refractivity contribution >= 4 is 22.6 Å². The van der Waals surface area contributed by atoms with Gasteiger partial charge in [-0.15, -0.1) is 0 Å². The second-order valence-electron chi connectivity index (χ2n) is 4.23. The van der Waals surface area contributed by atoms with E-state index in [0.717, 1.165) is 10.1 Å². The molecule has 0 aliphatic heterocycles. The van der Waals surface area contributed by atoms with Crippen LogP contribution in [0, 0.1) is 15.2 Å². The quantitative estimate of drug-likeness (QED) is 0.762. The van der Waals surface area contributed by atoms with Crippen LogP contribution in [0.25, 0.3) is 0 Å².